The van der Waals surface area contributed by atoms with Crippen molar-refractivity contribution >= 4 is 23.1 Å². The summed E-state index contributed by atoms with van der Waals surface area (Å²) in [5.41, 5.74) is 0.704. The van der Waals surface area contributed by atoms with Crippen molar-refractivity contribution in [3.05, 3.63) is 46.7 Å². The molecule has 1 aromatic carbocycles. The summed E-state index contributed by atoms with van der Waals surface area (Å²) < 4.78 is 5.11. The first kappa shape index (κ1) is 13.4. The van der Waals surface area contributed by atoms with Crippen LogP contribution in [0.3, 0.4) is 0 Å². The van der Waals surface area contributed by atoms with E-state index in [0.29, 0.717) is 11.4 Å². The number of thiophene rings is 1. The smallest absolute Gasteiger partial charge is 0.319 e. The number of rotatable bonds is 4. The molecule has 1 unspecified atom stereocenters. The highest BCUT2D eigenvalue weighted by Gasteiger charge is 2.10. The van der Waals surface area contributed by atoms with Gasteiger partial charge >= 0.3 is 6.03 Å². The van der Waals surface area contributed by atoms with Crippen molar-refractivity contribution in [3.63, 3.8) is 0 Å². The Hall–Kier alpha value is -2.01. The Morgan fingerprint density at radius 1 is 1.32 bits per heavy atom. The van der Waals surface area contributed by atoms with Crippen molar-refractivity contribution in [3.8, 4) is 5.75 Å². The quantitative estimate of drug-likeness (QED) is 0.895. The Bertz CT molecular complexity index is 540. The molecule has 0 aliphatic heterocycles. The molecule has 0 bridgehead atoms. The molecule has 19 heavy (non-hydrogen) atoms. The average molecular weight is 276 g/mol. The van der Waals surface area contributed by atoms with Gasteiger partial charge in [-0.3, -0.25) is 0 Å². The molecule has 0 spiro atoms. The maximum atomic E-state index is 11.9. The lowest BCUT2D eigenvalue weighted by Crippen LogP contribution is -2.30. The van der Waals surface area contributed by atoms with Gasteiger partial charge in [0.25, 0.3) is 0 Å². The molecule has 0 saturated carbocycles. The fraction of sp³-hybridized carbons (Fsp3) is 0.214. The second-order valence-electron chi connectivity index (χ2n) is 4.07. The number of ether oxygens (including phenoxy) is 1. The third kappa shape index (κ3) is 3.72. The normalized spacial score (nSPS) is 11.7. The van der Waals surface area contributed by atoms with Gasteiger partial charge in [-0.05, 0) is 30.5 Å². The van der Waals surface area contributed by atoms with Crippen LogP contribution < -0.4 is 15.4 Å². The van der Waals surface area contributed by atoms with Gasteiger partial charge in [-0.2, -0.15) is 0 Å². The van der Waals surface area contributed by atoms with Crippen LogP contribution in [0.25, 0.3) is 0 Å². The average Bonchev–Trinajstić information content (AvgIpc) is 2.92. The number of methoxy groups -OCH3 is 1. The third-order valence-corrected chi connectivity index (χ3v) is 3.70. The van der Waals surface area contributed by atoms with Crippen LogP contribution in [-0.2, 0) is 0 Å². The van der Waals surface area contributed by atoms with Crippen molar-refractivity contribution in [2.24, 2.45) is 0 Å². The number of carbonyl (C=O) groups excluding carboxylic acids is 1. The summed E-state index contributed by atoms with van der Waals surface area (Å²) in [4.78, 5) is 13.0. The first-order valence-corrected chi connectivity index (χ1v) is 6.82. The summed E-state index contributed by atoms with van der Waals surface area (Å²) in [5.74, 6) is 0.712. The molecule has 2 aromatic rings. The molecule has 4 nitrogen and oxygen atoms in total. The van der Waals surface area contributed by atoms with Crippen molar-refractivity contribution in [2.75, 3.05) is 12.4 Å². The van der Waals surface area contributed by atoms with Crippen LogP contribution in [0, 0.1) is 0 Å². The molecular formula is C14H16N2O2S. The summed E-state index contributed by atoms with van der Waals surface area (Å²) >= 11 is 1.62. The van der Waals surface area contributed by atoms with Gasteiger partial charge in [0.05, 0.1) is 13.2 Å². The largest absolute Gasteiger partial charge is 0.497 e. The van der Waals surface area contributed by atoms with Gasteiger partial charge in [0.15, 0.2) is 0 Å². The fourth-order valence-electron chi connectivity index (χ4n) is 1.67. The highest BCUT2D eigenvalue weighted by Crippen LogP contribution is 2.19. The number of anilines is 1. The van der Waals surface area contributed by atoms with E-state index < -0.39 is 0 Å². The number of urea groups is 1. The minimum atomic E-state index is -0.228. The van der Waals surface area contributed by atoms with E-state index in [0.717, 1.165) is 4.88 Å². The first-order chi connectivity index (χ1) is 9.19. The van der Waals surface area contributed by atoms with E-state index in [2.05, 4.69) is 10.6 Å². The minimum absolute atomic E-state index is 0.00870. The zero-order valence-electron chi connectivity index (χ0n) is 10.8. The number of hydrogen-bond donors (Lipinski definition) is 2. The number of nitrogens with one attached hydrogen (secondary N) is 2. The first-order valence-electron chi connectivity index (χ1n) is 5.94. The van der Waals surface area contributed by atoms with Crippen LogP contribution in [0.2, 0.25) is 0 Å². The topological polar surface area (TPSA) is 50.4 Å². The molecule has 100 valence electrons. The molecule has 0 radical (unpaired) electrons. The monoisotopic (exact) mass is 276 g/mol. The Morgan fingerprint density at radius 2 is 2.16 bits per heavy atom. The second-order valence-corrected chi connectivity index (χ2v) is 5.05. The predicted octanol–water partition coefficient (Wildman–Crippen LogP) is 3.64. The van der Waals surface area contributed by atoms with Gasteiger partial charge in [0, 0.05) is 16.6 Å². The summed E-state index contributed by atoms with van der Waals surface area (Å²) in [7, 11) is 1.60. The molecule has 0 fully saturated rings. The molecule has 2 amide bonds. The molecule has 1 atom stereocenters. The third-order valence-electron chi connectivity index (χ3n) is 2.65. The zero-order chi connectivity index (χ0) is 13.7. The summed E-state index contributed by atoms with van der Waals surface area (Å²) in [6.07, 6.45) is 0. The number of carbonyl (C=O) groups is 1. The standard InChI is InChI=1S/C14H16N2O2S/c1-10(13-7-4-8-19-13)15-14(17)16-11-5-3-6-12(9-11)18-2/h3-10H,1-2H3,(H2,15,16,17). The maximum Gasteiger partial charge on any atom is 0.319 e. The van der Waals surface area contributed by atoms with E-state index in [-0.39, 0.29) is 12.1 Å². The van der Waals surface area contributed by atoms with Crippen LogP contribution in [-0.4, -0.2) is 13.1 Å². The number of amides is 2. The number of hydrogen-bond acceptors (Lipinski definition) is 3. The van der Waals surface area contributed by atoms with E-state index >= 15 is 0 Å². The van der Waals surface area contributed by atoms with Gasteiger partial charge in [-0.1, -0.05) is 12.1 Å². The predicted molar refractivity (Wildman–Crippen MR) is 77.9 cm³/mol. The van der Waals surface area contributed by atoms with E-state index in [4.69, 9.17) is 4.74 Å². The van der Waals surface area contributed by atoms with E-state index in [1.165, 1.54) is 0 Å². The molecule has 0 aliphatic carbocycles. The molecule has 2 N–H and O–H groups in total. The molecule has 0 aliphatic rings. The second kappa shape index (κ2) is 6.24. The lowest BCUT2D eigenvalue weighted by atomic mass is 10.3. The Kier molecular flexibility index (Phi) is 4.41. The van der Waals surface area contributed by atoms with Crippen LogP contribution in [0.5, 0.6) is 5.75 Å². The molecule has 1 heterocycles. The SMILES string of the molecule is COc1cccc(NC(=O)NC(C)c2cccs2)c1. The maximum absolute atomic E-state index is 11.9. The van der Waals surface area contributed by atoms with Crippen molar-refractivity contribution in [2.45, 2.75) is 13.0 Å². The van der Waals surface area contributed by atoms with E-state index in [1.54, 1.807) is 24.5 Å². The highest BCUT2D eigenvalue weighted by atomic mass is 32.1. The summed E-state index contributed by atoms with van der Waals surface area (Å²) in [6.45, 7) is 1.96. The Morgan fingerprint density at radius 3 is 2.84 bits per heavy atom. The van der Waals surface area contributed by atoms with Gasteiger partial charge in [0.2, 0.25) is 0 Å². The van der Waals surface area contributed by atoms with Crippen molar-refractivity contribution in [1.82, 2.24) is 5.32 Å². The lowest BCUT2D eigenvalue weighted by molar-refractivity contribution is 0.249. The minimum Gasteiger partial charge on any atom is -0.497 e. The Labute approximate surface area is 116 Å². The summed E-state index contributed by atoms with van der Waals surface area (Å²) in [6, 6.07) is 11.0. The molecule has 1 aromatic heterocycles. The van der Waals surface area contributed by atoms with E-state index in [1.807, 2.05) is 42.6 Å². The number of benzene rings is 1. The van der Waals surface area contributed by atoms with Crippen molar-refractivity contribution in [1.29, 1.82) is 0 Å². The lowest BCUT2D eigenvalue weighted by Gasteiger charge is -2.13. The van der Waals surface area contributed by atoms with E-state index in [9.17, 15) is 4.79 Å². The fourth-order valence-corrected chi connectivity index (χ4v) is 2.41. The van der Waals surface area contributed by atoms with Crippen LogP contribution in [0.1, 0.15) is 17.8 Å². The van der Waals surface area contributed by atoms with Gasteiger partial charge in [-0.25, -0.2) is 4.79 Å². The van der Waals surface area contributed by atoms with Gasteiger partial charge < -0.3 is 15.4 Å². The molecule has 0 saturated heterocycles. The molecule has 5 heteroatoms. The van der Waals surface area contributed by atoms with Gasteiger partial charge in [0.1, 0.15) is 5.75 Å². The van der Waals surface area contributed by atoms with Crippen LogP contribution in [0.4, 0.5) is 10.5 Å². The van der Waals surface area contributed by atoms with Gasteiger partial charge in [-0.15, -0.1) is 11.3 Å². The van der Waals surface area contributed by atoms with Crippen LogP contribution >= 0.6 is 11.3 Å². The van der Waals surface area contributed by atoms with Crippen molar-refractivity contribution < 1.29 is 9.53 Å². The Balaban J connectivity index is 1.93. The molecule has 2 rings (SSSR count). The zero-order valence-corrected chi connectivity index (χ0v) is 11.7. The molecular weight excluding hydrogens is 260 g/mol. The summed E-state index contributed by atoms with van der Waals surface area (Å²) in [5, 5.41) is 7.67. The van der Waals surface area contributed by atoms with Crippen LogP contribution in [0.15, 0.2) is 41.8 Å². The highest BCUT2D eigenvalue weighted by molar-refractivity contribution is 7.10.